The van der Waals surface area contributed by atoms with Crippen molar-refractivity contribution in [3.05, 3.63) is 30.3 Å². The molecule has 0 radical (unpaired) electrons. The maximum atomic E-state index is 11.9. The van der Waals surface area contributed by atoms with Crippen LogP contribution in [0.4, 0.5) is 11.5 Å². The molecule has 0 saturated carbocycles. The van der Waals surface area contributed by atoms with Gasteiger partial charge >= 0.3 is 0 Å². The molecule has 98 valence electrons. The van der Waals surface area contributed by atoms with Crippen molar-refractivity contribution in [2.24, 2.45) is 0 Å². The molecule has 1 aromatic carbocycles. The fourth-order valence-electron chi connectivity index (χ4n) is 2.21. The van der Waals surface area contributed by atoms with Gasteiger partial charge in [0.1, 0.15) is 5.82 Å². The minimum absolute atomic E-state index is 0.0903. The number of piperazine rings is 1. The van der Waals surface area contributed by atoms with Crippen LogP contribution >= 0.6 is 0 Å². The summed E-state index contributed by atoms with van der Waals surface area (Å²) in [4.78, 5) is 13.7. The molecular formula is C13H15N5O. The van der Waals surface area contributed by atoms with E-state index in [-0.39, 0.29) is 5.91 Å². The summed E-state index contributed by atoms with van der Waals surface area (Å²) in [5, 5.41) is 9.84. The van der Waals surface area contributed by atoms with Gasteiger partial charge in [0.2, 0.25) is 5.91 Å². The molecule has 6 nitrogen and oxygen atoms in total. The second-order valence-corrected chi connectivity index (χ2v) is 4.48. The third kappa shape index (κ3) is 2.30. The molecule has 1 fully saturated rings. The lowest BCUT2D eigenvalue weighted by Crippen LogP contribution is -2.48. The summed E-state index contributed by atoms with van der Waals surface area (Å²) >= 11 is 0. The molecule has 0 aliphatic carbocycles. The van der Waals surface area contributed by atoms with E-state index in [0.717, 1.165) is 23.5 Å². The zero-order valence-corrected chi connectivity index (χ0v) is 10.4. The second kappa shape index (κ2) is 4.74. The van der Waals surface area contributed by atoms with Crippen molar-refractivity contribution in [3.63, 3.8) is 0 Å². The summed E-state index contributed by atoms with van der Waals surface area (Å²) < 4.78 is 0. The highest BCUT2D eigenvalue weighted by atomic mass is 16.2. The van der Waals surface area contributed by atoms with Crippen LogP contribution in [0.2, 0.25) is 0 Å². The average molecular weight is 257 g/mol. The predicted molar refractivity (Wildman–Crippen MR) is 73.7 cm³/mol. The van der Waals surface area contributed by atoms with E-state index in [4.69, 9.17) is 5.73 Å². The van der Waals surface area contributed by atoms with E-state index in [0.29, 0.717) is 18.9 Å². The van der Waals surface area contributed by atoms with E-state index in [2.05, 4.69) is 15.5 Å². The number of benzene rings is 1. The van der Waals surface area contributed by atoms with Gasteiger partial charge < -0.3 is 16.0 Å². The first-order valence-corrected chi connectivity index (χ1v) is 6.16. The number of nitrogen functional groups attached to an aromatic ring is 1. The number of nitrogens with one attached hydrogen (secondary N) is 2. The summed E-state index contributed by atoms with van der Waals surface area (Å²) in [6, 6.07) is 9.57. The van der Waals surface area contributed by atoms with E-state index in [1.165, 1.54) is 0 Å². The van der Waals surface area contributed by atoms with Gasteiger partial charge in [-0.05, 0) is 12.1 Å². The van der Waals surface area contributed by atoms with Crippen LogP contribution in [0.25, 0.3) is 11.3 Å². The summed E-state index contributed by atoms with van der Waals surface area (Å²) in [5.74, 6) is 0.547. The van der Waals surface area contributed by atoms with E-state index < -0.39 is 0 Å². The van der Waals surface area contributed by atoms with E-state index in [1.807, 2.05) is 24.3 Å². The molecule has 6 heteroatoms. The molecule has 0 spiro atoms. The first kappa shape index (κ1) is 11.7. The quantitative estimate of drug-likeness (QED) is 0.735. The maximum absolute atomic E-state index is 11.9. The number of carbonyl (C=O) groups is 1. The Morgan fingerprint density at radius 2 is 2.21 bits per heavy atom. The molecule has 0 unspecified atom stereocenters. The van der Waals surface area contributed by atoms with Crippen molar-refractivity contribution >= 4 is 17.4 Å². The third-order valence-corrected chi connectivity index (χ3v) is 3.16. The van der Waals surface area contributed by atoms with Gasteiger partial charge in [-0.15, -0.1) is 0 Å². The highest BCUT2D eigenvalue weighted by molar-refractivity contribution is 5.96. The Morgan fingerprint density at radius 1 is 1.32 bits per heavy atom. The molecule has 3 rings (SSSR count). The molecule has 0 atom stereocenters. The van der Waals surface area contributed by atoms with Gasteiger partial charge in [-0.2, -0.15) is 5.10 Å². The summed E-state index contributed by atoms with van der Waals surface area (Å²) in [5.41, 5.74) is 8.32. The summed E-state index contributed by atoms with van der Waals surface area (Å²) in [6.45, 7) is 1.89. The van der Waals surface area contributed by atoms with Crippen LogP contribution in [0, 0.1) is 0 Å². The average Bonchev–Trinajstić information content (AvgIpc) is 2.86. The number of anilines is 2. The van der Waals surface area contributed by atoms with Crippen LogP contribution in [-0.2, 0) is 4.79 Å². The molecule has 2 aromatic rings. The zero-order chi connectivity index (χ0) is 13.2. The topological polar surface area (TPSA) is 87.0 Å². The Hall–Kier alpha value is -2.34. The number of H-pyrrole nitrogens is 1. The minimum Gasteiger partial charge on any atom is -0.382 e. The number of carbonyl (C=O) groups excluding carboxylic acids is 1. The van der Waals surface area contributed by atoms with Gasteiger partial charge in [-0.25, -0.2) is 0 Å². The zero-order valence-electron chi connectivity index (χ0n) is 10.4. The molecule has 1 aliphatic heterocycles. The molecule has 1 aliphatic rings. The Bertz CT molecular complexity index is 607. The molecule has 1 aromatic heterocycles. The summed E-state index contributed by atoms with van der Waals surface area (Å²) in [6.07, 6.45) is 0. The number of aromatic nitrogens is 2. The standard InChI is InChI=1S/C13H15N5O/c14-12-7-11(16-17-12)9-2-1-3-10(6-9)18-5-4-15-8-13(18)19/h1-3,6-7,15H,4-5,8H2,(H3,14,16,17). The van der Waals surface area contributed by atoms with Gasteiger partial charge in [0.05, 0.1) is 12.2 Å². The first-order valence-electron chi connectivity index (χ1n) is 6.16. The predicted octanol–water partition coefficient (Wildman–Crippen LogP) is 0.595. The largest absolute Gasteiger partial charge is 0.382 e. The first-order chi connectivity index (χ1) is 9.24. The fraction of sp³-hybridized carbons (Fsp3) is 0.231. The highest BCUT2D eigenvalue weighted by Gasteiger charge is 2.19. The molecule has 0 bridgehead atoms. The SMILES string of the molecule is Nc1cc(-c2cccc(N3CCNCC3=O)c2)[nH]n1. The van der Waals surface area contributed by atoms with Crippen LogP contribution in [0.3, 0.4) is 0 Å². The minimum atomic E-state index is 0.0903. The van der Waals surface area contributed by atoms with Crippen LogP contribution < -0.4 is 16.0 Å². The van der Waals surface area contributed by atoms with Crippen LogP contribution in [0.15, 0.2) is 30.3 Å². The van der Waals surface area contributed by atoms with Crippen molar-refractivity contribution < 1.29 is 4.79 Å². The lowest BCUT2D eigenvalue weighted by atomic mass is 10.1. The normalized spacial score (nSPS) is 15.8. The monoisotopic (exact) mass is 257 g/mol. The third-order valence-electron chi connectivity index (χ3n) is 3.16. The van der Waals surface area contributed by atoms with Crippen molar-refractivity contribution in [2.75, 3.05) is 30.3 Å². The van der Waals surface area contributed by atoms with Gasteiger partial charge in [-0.1, -0.05) is 12.1 Å². The van der Waals surface area contributed by atoms with Gasteiger partial charge in [0.15, 0.2) is 0 Å². The van der Waals surface area contributed by atoms with Crippen molar-refractivity contribution in [1.82, 2.24) is 15.5 Å². The van der Waals surface area contributed by atoms with Crippen molar-refractivity contribution in [1.29, 1.82) is 0 Å². The Labute approximate surface area is 110 Å². The number of nitrogens with two attached hydrogens (primary N) is 1. The van der Waals surface area contributed by atoms with E-state index in [1.54, 1.807) is 11.0 Å². The van der Waals surface area contributed by atoms with Gasteiger partial charge in [0, 0.05) is 30.4 Å². The Kier molecular flexibility index (Phi) is 2.92. The molecule has 1 amide bonds. The van der Waals surface area contributed by atoms with Gasteiger partial charge in [-0.3, -0.25) is 9.89 Å². The molecule has 1 saturated heterocycles. The van der Waals surface area contributed by atoms with Crippen LogP contribution in [0.1, 0.15) is 0 Å². The molecular weight excluding hydrogens is 242 g/mol. The number of aromatic amines is 1. The lowest BCUT2D eigenvalue weighted by molar-refractivity contribution is -0.118. The van der Waals surface area contributed by atoms with E-state index in [9.17, 15) is 4.79 Å². The highest BCUT2D eigenvalue weighted by Crippen LogP contribution is 2.24. The summed E-state index contributed by atoms with van der Waals surface area (Å²) in [7, 11) is 0. The smallest absolute Gasteiger partial charge is 0.240 e. The lowest BCUT2D eigenvalue weighted by Gasteiger charge is -2.27. The van der Waals surface area contributed by atoms with Crippen molar-refractivity contribution in [3.8, 4) is 11.3 Å². The number of hydrogen-bond donors (Lipinski definition) is 3. The van der Waals surface area contributed by atoms with Crippen LogP contribution in [-0.4, -0.2) is 35.7 Å². The molecule has 19 heavy (non-hydrogen) atoms. The van der Waals surface area contributed by atoms with Gasteiger partial charge in [0.25, 0.3) is 0 Å². The second-order valence-electron chi connectivity index (χ2n) is 4.48. The Balaban J connectivity index is 1.93. The Morgan fingerprint density at radius 3 is 2.95 bits per heavy atom. The maximum Gasteiger partial charge on any atom is 0.240 e. The number of amides is 1. The number of nitrogens with zero attached hydrogens (tertiary/aromatic N) is 2. The fourth-order valence-corrected chi connectivity index (χ4v) is 2.21. The number of hydrogen-bond acceptors (Lipinski definition) is 4. The van der Waals surface area contributed by atoms with Crippen LogP contribution in [0.5, 0.6) is 0 Å². The molecule has 2 heterocycles. The van der Waals surface area contributed by atoms with Crippen molar-refractivity contribution in [2.45, 2.75) is 0 Å². The number of rotatable bonds is 2. The molecule has 4 N–H and O–H groups in total. The van der Waals surface area contributed by atoms with E-state index >= 15 is 0 Å².